The fourth-order valence-electron chi connectivity index (χ4n) is 2.52. The maximum atomic E-state index is 12.2. The van der Waals surface area contributed by atoms with Gasteiger partial charge in [0.2, 0.25) is 5.91 Å². The third-order valence-electron chi connectivity index (χ3n) is 3.62. The normalized spacial score (nSPS) is 10.8. The lowest BCUT2D eigenvalue weighted by atomic mass is 10.1. The Bertz CT molecular complexity index is 780. The lowest BCUT2D eigenvalue weighted by Crippen LogP contribution is -2.24. The van der Waals surface area contributed by atoms with Gasteiger partial charge in [-0.3, -0.25) is 9.78 Å². The van der Waals surface area contributed by atoms with E-state index in [1.165, 1.54) is 0 Å². The minimum absolute atomic E-state index is 0.00265. The lowest BCUT2D eigenvalue weighted by molar-refractivity contribution is -0.120. The molecule has 0 fully saturated rings. The fraction of sp³-hybridized carbons (Fsp3) is 0.235. The van der Waals surface area contributed by atoms with Crippen LogP contribution in [-0.2, 0) is 24.3 Å². The van der Waals surface area contributed by atoms with Gasteiger partial charge in [-0.1, -0.05) is 6.07 Å². The van der Waals surface area contributed by atoms with Crippen LogP contribution in [0.5, 0.6) is 0 Å². The van der Waals surface area contributed by atoms with Gasteiger partial charge in [0, 0.05) is 43.3 Å². The van der Waals surface area contributed by atoms with Crippen molar-refractivity contribution in [2.24, 2.45) is 0 Å². The quantitative estimate of drug-likeness (QED) is 0.785. The van der Waals surface area contributed by atoms with Gasteiger partial charge in [0.25, 0.3) is 0 Å². The van der Waals surface area contributed by atoms with Crippen LogP contribution in [0.3, 0.4) is 0 Å². The van der Waals surface area contributed by atoms with Gasteiger partial charge in [0.05, 0.1) is 6.42 Å². The van der Waals surface area contributed by atoms with Crippen molar-refractivity contribution < 1.29 is 4.79 Å². The minimum Gasteiger partial charge on any atom is -0.352 e. The smallest absolute Gasteiger partial charge is 0.224 e. The maximum absolute atomic E-state index is 12.2. The van der Waals surface area contributed by atoms with Crippen molar-refractivity contribution in [1.82, 2.24) is 19.9 Å². The average Bonchev–Trinajstić information content (AvgIpc) is 2.92. The molecular weight excluding hydrogens is 276 g/mol. The standard InChI is InChI=1S/C17H18N4O/c1-2-21-12-14(15-6-4-8-19-17(15)21)9-16(22)20-11-13-5-3-7-18-10-13/h3-8,10,12H,2,9,11H2,1H3,(H,20,22). The summed E-state index contributed by atoms with van der Waals surface area (Å²) in [6.07, 6.45) is 7.63. The topological polar surface area (TPSA) is 59.8 Å². The van der Waals surface area contributed by atoms with E-state index < -0.39 is 0 Å². The first-order chi connectivity index (χ1) is 10.8. The molecule has 22 heavy (non-hydrogen) atoms. The second-order valence-corrected chi connectivity index (χ2v) is 5.13. The predicted molar refractivity (Wildman–Crippen MR) is 85.2 cm³/mol. The van der Waals surface area contributed by atoms with Gasteiger partial charge in [-0.2, -0.15) is 0 Å². The summed E-state index contributed by atoms with van der Waals surface area (Å²) in [6, 6.07) is 7.72. The van der Waals surface area contributed by atoms with Crippen LogP contribution >= 0.6 is 0 Å². The second-order valence-electron chi connectivity index (χ2n) is 5.13. The zero-order valence-electron chi connectivity index (χ0n) is 12.5. The number of hydrogen-bond acceptors (Lipinski definition) is 3. The number of fused-ring (bicyclic) bond motifs is 1. The predicted octanol–water partition coefficient (Wildman–Crippen LogP) is 2.31. The van der Waals surface area contributed by atoms with Crippen LogP contribution in [0.1, 0.15) is 18.1 Å². The summed E-state index contributed by atoms with van der Waals surface area (Å²) in [6.45, 7) is 3.41. The summed E-state index contributed by atoms with van der Waals surface area (Å²) in [5, 5.41) is 3.97. The van der Waals surface area contributed by atoms with Crippen molar-refractivity contribution in [3.8, 4) is 0 Å². The van der Waals surface area contributed by atoms with Crippen molar-refractivity contribution >= 4 is 16.9 Å². The third kappa shape index (κ3) is 2.98. The summed E-state index contributed by atoms with van der Waals surface area (Å²) in [7, 11) is 0. The molecule has 0 radical (unpaired) electrons. The number of aryl methyl sites for hydroxylation is 1. The molecule has 3 aromatic heterocycles. The first-order valence-electron chi connectivity index (χ1n) is 7.36. The molecule has 5 heteroatoms. The number of carbonyl (C=O) groups excluding carboxylic acids is 1. The third-order valence-corrected chi connectivity index (χ3v) is 3.62. The van der Waals surface area contributed by atoms with E-state index >= 15 is 0 Å². The number of nitrogens with zero attached hydrogens (tertiary/aromatic N) is 3. The minimum atomic E-state index is 0.00265. The van der Waals surface area contributed by atoms with Gasteiger partial charge < -0.3 is 9.88 Å². The molecule has 1 N–H and O–H groups in total. The highest BCUT2D eigenvalue weighted by Crippen LogP contribution is 2.19. The molecule has 0 spiro atoms. The monoisotopic (exact) mass is 294 g/mol. The second kappa shape index (κ2) is 6.39. The molecule has 3 heterocycles. The molecule has 0 aromatic carbocycles. The Morgan fingerprint density at radius 1 is 1.27 bits per heavy atom. The molecule has 1 amide bonds. The van der Waals surface area contributed by atoms with Crippen molar-refractivity contribution in [3.05, 3.63) is 60.2 Å². The number of pyridine rings is 2. The number of rotatable bonds is 5. The molecule has 0 atom stereocenters. The van der Waals surface area contributed by atoms with Gasteiger partial charge in [-0.15, -0.1) is 0 Å². The van der Waals surface area contributed by atoms with Crippen molar-refractivity contribution in [1.29, 1.82) is 0 Å². The van der Waals surface area contributed by atoms with Gasteiger partial charge in [-0.05, 0) is 36.2 Å². The Kier molecular flexibility index (Phi) is 4.14. The number of aromatic nitrogens is 3. The average molecular weight is 294 g/mol. The number of hydrogen-bond donors (Lipinski definition) is 1. The van der Waals surface area contributed by atoms with Gasteiger partial charge in [-0.25, -0.2) is 4.98 Å². The Labute approximate surface area is 129 Å². The molecule has 0 aliphatic carbocycles. The lowest BCUT2D eigenvalue weighted by Gasteiger charge is -2.04. The maximum Gasteiger partial charge on any atom is 0.224 e. The van der Waals surface area contributed by atoms with Crippen LogP contribution < -0.4 is 5.32 Å². The molecule has 0 bridgehead atoms. The summed E-state index contributed by atoms with van der Waals surface area (Å²) in [5.74, 6) is 0.00265. The van der Waals surface area contributed by atoms with E-state index in [9.17, 15) is 4.79 Å². The van der Waals surface area contributed by atoms with Gasteiger partial charge >= 0.3 is 0 Å². The molecule has 0 unspecified atom stereocenters. The van der Waals surface area contributed by atoms with Crippen molar-refractivity contribution in [2.45, 2.75) is 26.4 Å². The van der Waals surface area contributed by atoms with E-state index in [4.69, 9.17) is 0 Å². The SMILES string of the molecule is CCn1cc(CC(=O)NCc2cccnc2)c2cccnc21. The molecule has 0 saturated carbocycles. The molecule has 112 valence electrons. The molecule has 0 saturated heterocycles. The molecule has 0 aliphatic heterocycles. The van der Waals surface area contributed by atoms with Gasteiger partial charge in [0.15, 0.2) is 0 Å². The number of carbonyl (C=O) groups is 1. The number of nitrogens with one attached hydrogen (secondary N) is 1. The van der Waals surface area contributed by atoms with Crippen LogP contribution in [-0.4, -0.2) is 20.4 Å². The zero-order chi connectivity index (χ0) is 15.4. The van der Waals surface area contributed by atoms with Crippen LogP contribution in [0.25, 0.3) is 11.0 Å². The Morgan fingerprint density at radius 2 is 2.14 bits per heavy atom. The van der Waals surface area contributed by atoms with E-state index in [1.54, 1.807) is 18.6 Å². The Morgan fingerprint density at radius 3 is 2.91 bits per heavy atom. The van der Waals surface area contributed by atoms with E-state index in [0.29, 0.717) is 13.0 Å². The summed E-state index contributed by atoms with van der Waals surface area (Å²) >= 11 is 0. The number of amides is 1. The van der Waals surface area contributed by atoms with Crippen LogP contribution in [0, 0.1) is 0 Å². The fourth-order valence-corrected chi connectivity index (χ4v) is 2.52. The molecule has 5 nitrogen and oxygen atoms in total. The van der Waals surface area contributed by atoms with E-state index in [0.717, 1.165) is 28.7 Å². The molecular formula is C17H18N4O. The van der Waals surface area contributed by atoms with E-state index in [-0.39, 0.29) is 5.91 Å². The Hall–Kier alpha value is -2.69. The van der Waals surface area contributed by atoms with Crippen molar-refractivity contribution in [2.75, 3.05) is 0 Å². The van der Waals surface area contributed by atoms with Gasteiger partial charge in [0.1, 0.15) is 5.65 Å². The highest BCUT2D eigenvalue weighted by Gasteiger charge is 2.11. The van der Waals surface area contributed by atoms with E-state index in [2.05, 4.69) is 26.8 Å². The molecule has 3 rings (SSSR count). The van der Waals surface area contributed by atoms with Crippen LogP contribution in [0.4, 0.5) is 0 Å². The van der Waals surface area contributed by atoms with Crippen molar-refractivity contribution in [3.63, 3.8) is 0 Å². The van der Waals surface area contributed by atoms with Crippen LogP contribution in [0.2, 0.25) is 0 Å². The first kappa shape index (κ1) is 14.3. The van der Waals surface area contributed by atoms with E-state index in [1.807, 2.05) is 30.5 Å². The summed E-state index contributed by atoms with van der Waals surface area (Å²) in [4.78, 5) is 20.6. The zero-order valence-corrected chi connectivity index (χ0v) is 12.5. The molecule has 0 aliphatic rings. The highest BCUT2D eigenvalue weighted by molar-refractivity contribution is 5.87. The molecule has 3 aromatic rings. The first-order valence-corrected chi connectivity index (χ1v) is 7.36. The largest absolute Gasteiger partial charge is 0.352 e. The van der Waals surface area contributed by atoms with Crippen LogP contribution in [0.15, 0.2) is 49.1 Å². The Balaban J connectivity index is 1.71. The summed E-state index contributed by atoms with van der Waals surface area (Å²) < 4.78 is 2.07. The summed E-state index contributed by atoms with van der Waals surface area (Å²) in [5.41, 5.74) is 2.93. The highest BCUT2D eigenvalue weighted by atomic mass is 16.1.